The molecule has 4 rings (SSSR count). The van der Waals surface area contributed by atoms with E-state index >= 15 is 0 Å². The Hall–Kier alpha value is -1.55. The van der Waals surface area contributed by atoms with E-state index < -0.39 is 0 Å². The SMILES string of the molecule is O=C1OC(OCCC2CCCCC2)C2CCCCC2N1Cc1ccccc1. The molecule has 148 valence electrons. The molecule has 1 saturated heterocycles. The summed E-state index contributed by atoms with van der Waals surface area (Å²) in [4.78, 5) is 14.7. The fourth-order valence-electron chi connectivity index (χ4n) is 5.18. The summed E-state index contributed by atoms with van der Waals surface area (Å²) in [5, 5.41) is 0. The molecule has 3 atom stereocenters. The van der Waals surface area contributed by atoms with Gasteiger partial charge in [-0.1, -0.05) is 75.3 Å². The quantitative estimate of drug-likeness (QED) is 0.662. The Bertz CT molecular complexity index is 599. The molecule has 1 amide bonds. The van der Waals surface area contributed by atoms with Crippen molar-refractivity contribution >= 4 is 6.09 Å². The van der Waals surface area contributed by atoms with Crippen molar-refractivity contribution in [3.05, 3.63) is 35.9 Å². The Balaban J connectivity index is 1.36. The second kappa shape index (κ2) is 9.09. The number of rotatable bonds is 6. The third-order valence-electron chi connectivity index (χ3n) is 6.71. The summed E-state index contributed by atoms with van der Waals surface area (Å²) in [6, 6.07) is 10.5. The maximum Gasteiger partial charge on any atom is 0.412 e. The number of hydrogen-bond acceptors (Lipinski definition) is 3. The predicted molar refractivity (Wildman–Crippen MR) is 105 cm³/mol. The minimum Gasteiger partial charge on any atom is -0.419 e. The summed E-state index contributed by atoms with van der Waals surface area (Å²) in [6.07, 6.45) is 11.9. The monoisotopic (exact) mass is 371 g/mol. The lowest BCUT2D eigenvalue weighted by Gasteiger charge is -2.46. The molecule has 3 unspecified atom stereocenters. The second-order valence-electron chi connectivity index (χ2n) is 8.54. The third-order valence-corrected chi connectivity index (χ3v) is 6.71. The second-order valence-corrected chi connectivity index (χ2v) is 8.54. The van der Waals surface area contributed by atoms with Gasteiger partial charge < -0.3 is 14.4 Å². The van der Waals surface area contributed by atoms with Crippen LogP contribution in [0.3, 0.4) is 0 Å². The van der Waals surface area contributed by atoms with Crippen molar-refractivity contribution < 1.29 is 14.3 Å². The third kappa shape index (κ3) is 4.66. The summed E-state index contributed by atoms with van der Waals surface area (Å²) < 4.78 is 11.9. The van der Waals surface area contributed by atoms with E-state index in [0.29, 0.717) is 12.5 Å². The van der Waals surface area contributed by atoms with E-state index in [9.17, 15) is 4.79 Å². The van der Waals surface area contributed by atoms with Crippen molar-refractivity contribution in [3.63, 3.8) is 0 Å². The van der Waals surface area contributed by atoms with Gasteiger partial charge in [0.05, 0.1) is 6.61 Å². The van der Waals surface area contributed by atoms with E-state index in [2.05, 4.69) is 12.1 Å². The van der Waals surface area contributed by atoms with Gasteiger partial charge in [-0.05, 0) is 30.7 Å². The largest absolute Gasteiger partial charge is 0.419 e. The summed E-state index contributed by atoms with van der Waals surface area (Å²) in [5.41, 5.74) is 1.16. The topological polar surface area (TPSA) is 38.8 Å². The summed E-state index contributed by atoms with van der Waals surface area (Å²) in [6.45, 7) is 1.36. The standard InChI is InChI=1S/C23H33NO3/c25-23-24(17-19-11-5-2-6-12-19)21-14-8-7-13-20(21)22(27-23)26-16-15-18-9-3-1-4-10-18/h2,5-6,11-12,18,20-22H,1,3-4,7-10,13-17H2. The minimum atomic E-state index is -0.349. The van der Waals surface area contributed by atoms with Gasteiger partial charge in [0.25, 0.3) is 0 Å². The molecular weight excluding hydrogens is 338 g/mol. The number of nitrogens with zero attached hydrogens (tertiary/aromatic N) is 1. The van der Waals surface area contributed by atoms with Gasteiger partial charge >= 0.3 is 6.09 Å². The zero-order valence-electron chi connectivity index (χ0n) is 16.4. The molecule has 2 saturated carbocycles. The maximum atomic E-state index is 12.8. The van der Waals surface area contributed by atoms with Crippen LogP contribution in [0.5, 0.6) is 0 Å². The van der Waals surface area contributed by atoms with Gasteiger partial charge in [0, 0.05) is 18.5 Å². The van der Waals surface area contributed by atoms with Crippen LogP contribution in [0.4, 0.5) is 4.79 Å². The highest BCUT2D eigenvalue weighted by Crippen LogP contribution is 2.37. The van der Waals surface area contributed by atoms with Crippen LogP contribution in [0.25, 0.3) is 0 Å². The number of hydrogen-bond donors (Lipinski definition) is 0. The summed E-state index contributed by atoms with van der Waals surface area (Å²) in [7, 11) is 0. The first-order valence-electron chi connectivity index (χ1n) is 10.9. The van der Waals surface area contributed by atoms with Crippen LogP contribution in [0.1, 0.15) is 69.8 Å². The molecule has 0 aromatic heterocycles. The molecule has 0 radical (unpaired) electrons. The van der Waals surface area contributed by atoms with Crippen LogP contribution in [-0.4, -0.2) is 29.9 Å². The normalized spacial score (nSPS) is 29.3. The average molecular weight is 372 g/mol. The molecule has 0 spiro atoms. The Kier molecular flexibility index (Phi) is 6.33. The Morgan fingerprint density at radius 2 is 1.70 bits per heavy atom. The summed E-state index contributed by atoms with van der Waals surface area (Å²) >= 11 is 0. The van der Waals surface area contributed by atoms with E-state index in [-0.39, 0.29) is 18.4 Å². The molecule has 4 nitrogen and oxygen atoms in total. The molecule has 27 heavy (non-hydrogen) atoms. The molecule has 3 fully saturated rings. The lowest BCUT2D eigenvalue weighted by molar-refractivity contribution is -0.191. The maximum absolute atomic E-state index is 12.8. The Morgan fingerprint density at radius 3 is 2.52 bits per heavy atom. The summed E-state index contributed by atoms with van der Waals surface area (Å²) in [5.74, 6) is 1.11. The lowest BCUT2D eigenvalue weighted by atomic mass is 9.82. The van der Waals surface area contributed by atoms with Gasteiger partial charge in [0.2, 0.25) is 6.29 Å². The average Bonchev–Trinajstić information content (AvgIpc) is 2.72. The molecule has 1 aromatic carbocycles. The highest BCUT2D eigenvalue weighted by molar-refractivity contribution is 5.69. The molecular formula is C23H33NO3. The highest BCUT2D eigenvalue weighted by Gasteiger charge is 2.45. The zero-order valence-corrected chi connectivity index (χ0v) is 16.4. The predicted octanol–water partition coefficient (Wildman–Crippen LogP) is 5.51. The smallest absolute Gasteiger partial charge is 0.412 e. The van der Waals surface area contributed by atoms with Gasteiger partial charge in [0.1, 0.15) is 0 Å². The molecule has 0 bridgehead atoms. The number of ether oxygens (including phenoxy) is 2. The van der Waals surface area contributed by atoms with Crippen LogP contribution < -0.4 is 0 Å². The minimum absolute atomic E-state index is 0.204. The molecule has 1 aromatic rings. The van der Waals surface area contributed by atoms with Crippen LogP contribution in [0, 0.1) is 11.8 Å². The first kappa shape index (κ1) is 18.8. The number of carbonyl (C=O) groups excluding carboxylic acids is 1. The fourth-order valence-corrected chi connectivity index (χ4v) is 5.18. The van der Waals surface area contributed by atoms with Gasteiger partial charge in [0.15, 0.2) is 0 Å². The van der Waals surface area contributed by atoms with Crippen LogP contribution in [-0.2, 0) is 16.0 Å². The van der Waals surface area contributed by atoms with Gasteiger partial charge in [-0.15, -0.1) is 0 Å². The van der Waals surface area contributed by atoms with Crippen molar-refractivity contribution in [2.24, 2.45) is 11.8 Å². The molecule has 4 heteroatoms. The van der Waals surface area contributed by atoms with Gasteiger partial charge in [-0.3, -0.25) is 0 Å². The van der Waals surface area contributed by atoms with Crippen LogP contribution >= 0.6 is 0 Å². The number of fused-ring (bicyclic) bond motifs is 1. The van der Waals surface area contributed by atoms with Crippen molar-refractivity contribution in [2.45, 2.75) is 83.1 Å². The molecule has 3 aliphatic rings. The number of amides is 1. The number of carbonyl (C=O) groups is 1. The number of cyclic esters (lactones) is 1. The first-order chi connectivity index (χ1) is 13.3. The van der Waals surface area contributed by atoms with Gasteiger partial charge in [-0.2, -0.15) is 0 Å². The van der Waals surface area contributed by atoms with E-state index in [4.69, 9.17) is 9.47 Å². The Labute approximate surface area is 163 Å². The molecule has 1 heterocycles. The van der Waals surface area contributed by atoms with Crippen LogP contribution in [0.15, 0.2) is 30.3 Å². The number of benzene rings is 1. The van der Waals surface area contributed by atoms with Crippen molar-refractivity contribution in [1.29, 1.82) is 0 Å². The van der Waals surface area contributed by atoms with Gasteiger partial charge in [-0.25, -0.2) is 4.79 Å². The van der Waals surface area contributed by atoms with E-state index in [0.717, 1.165) is 37.4 Å². The van der Waals surface area contributed by atoms with E-state index in [1.807, 2.05) is 23.1 Å². The fraction of sp³-hybridized carbons (Fsp3) is 0.696. The highest BCUT2D eigenvalue weighted by atomic mass is 16.7. The van der Waals surface area contributed by atoms with Crippen LogP contribution in [0.2, 0.25) is 0 Å². The Morgan fingerprint density at radius 1 is 0.963 bits per heavy atom. The zero-order chi connectivity index (χ0) is 18.5. The molecule has 0 N–H and O–H groups in total. The first-order valence-corrected chi connectivity index (χ1v) is 10.9. The molecule has 2 aliphatic carbocycles. The van der Waals surface area contributed by atoms with E-state index in [1.54, 1.807) is 0 Å². The molecule has 1 aliphatic heterocycles. The van der Waals surface area contributed by atoms with Crippen molar-refractivity contribution in [1.82, 2.24) is 4.90 Å². The van der Waals surface area contributed by atoms with Crippen molar-refractivity contribution in [2.75, 3.05) is 6.61 Å². The van der Waals surface area contributed by atoms with E-state index in [1.165, 1.54) is 44.9 Å². The van der Waals surface area contributed by atoms with Crippen molar-refractivity contribution in [3.8, 4) is 0 Å². The lowest BCUT2D eigenvalue weighted by Crippen LogP contribution is -2.56.